The Bertz CT molecular complexity index is 960. The van der Waals surface area contributed by atoms with E-state index in [2.05, 4.69) is 18.7 Å². The summed E-state index contributed by atoms with van der Waals surface area (Å²) < 4.78 is 1.89. The Morgan fingerprint density at radius 3 is 2.22 bits per heavy atom. The molecule has 3 aromatic rings. The molecule has 1 N–H and O–H groups in total. The van der Waals surface area contributed by atoms with Crippen molar-refractivity contribution in [1.82, 2.24) is 9.47 Å². The van der Waals surface area contributed by atoms with Crippen LogP contribution in [0.1, 0.15) is 24.3 Å². The number of nitrogens with zero attached hydrogens (tertiary/aromatic N) is 2. The van der Waals surface area contributed by atoms with Crippen LogP contribution in [0, 0.1) is 0 Å². The van der Waals surface area contributed by atoms with Crippen molar-refractivity contribution < 1.29 is 9.90 Å². The molecule has 0 aliphatic heterocycles. The van der Waals surface area contributed by atoms with Crippen molar-refractivity contribution in [3.05, 3.63) is 58.2 Å². The van der Waals surface area contributed by atoms with E-state index >= 15 is 0 Å². The number of carbonyl (C=O) groups is 1. The Morgan fingerprint density at radius 1 is 1.00 bits per heavy atom. The number of fused-ring (bicyclic) bond motifs is 1. The fraction of sp³-hybridized carbons (Fsp3) is 0.286. The molecular formula is C21H22Cl2N2O2. The van der Waals surface area contributed by atoms with E-state index in [-0.39, 0.29) is 0 Å². The lowest BCUT2D eigenvalue weighted by molar-refractivity contribution is 0.0687. The van der Waals surface area contributed by atoms with E-state index in [0.717, 1.165) is 36.3 Å². The van der Waals surface area contributed by atoms with Crippen LogP contribution >= 0.6 is 23.2 Å². The molecule has 1 heterocycles. The summed E-state index contributed by atoms with van der Waals surface area (Å²) in [5, 5.41) is 12.7. The van der Waals surface area contributed by atoms with Crippen LogP contribution in [0.25, 0.3) is 22.0 Å². The van der Waals surface area contributed by atoms with Gasteiger partial charge in [0, 0.05) is 33.9 Å². The third-order valence-electron chi connectivity index (χ3n) is 4.89. The summed E-state index contributed by atoms with van der Waals surface area (Å²) in [4.78, 5) is 14.4. The zero-order valence-electron chi connectivity index (χ0n) is 15.4. The van der Waals surface area contributed by atoms with E-state index in [1.54, 1.807) is 12.1 Å². The van der Waals surface area contributed by atoms with Crippen LogP contribution in [0.3, 0.4) is 0 Å². The number of aromatic carboxylic acids is 1. The number of hydrogen-bond acceptors (Lipinski definition) is 2. The zero-order chi connectivity index (χ0) is 19.6. The molecule has 2 aromatic carbocycles. The predicted molar refractivity (Wildman–Crippen MR) is 112 cm³/mol. The van der Waals surface area contributed by atoms with Crippen molar-refractivity contribution in [2.75, 3.05) is 19.6 Å². The molecule has 0 aliphatic rings. The molecule has 0 unspecified atom stereocenters. The van der Waals surface area contributed by atoms with Crippen molar-refractivity contribution in [1.29, 1.82) is 0 Å². The minimum Gasteiger partial charge on any atom is -0.477 e. The highest BCUT2D eigenvalue weighted by atomic mass is 35.5. The van der Waals surface area contributed by atoms with Gasteiger partial charge in [0.25, 0.3) is 0 Å². The lowest BCUT2D eigenvalue weighted by atomic mass is 10.1. The van der Waals surface area contributed by atoms with Crippen LogP contribution in [0.4, 0.5) is 0 Å². The summed E-state index contributed by atoms with van der Waals surface area (Å²) in [6.07, 6.45) is 0. The molecule has 0 aliphatic carbocycles. The van der Waals surface area contributed by atoms with Gasteiger partial charge in [0.05, 0.1) is 5.69 Å². The molecule has 6 heteroatoms. The average Bonchev–Trinajstić information content (AvgIpc) is 2.96. The van der Waals surface area contributed by atoms with E-state index in [1.165, 1.54) is 0 Å². The summed E-state index contributed by atoms with van der Waals surface area (Å²) in [6.45, 7) is 7.39. The van der Waals surface area contributed by atoms with E-state index in [9.17, 15) is 9.90 Å². The van der Waals surface area contributed by atoms with Crippen molar-refractivity contribution in [2.24, 2.45) is 0 Å². The van der Waals surface area contributed by atoms with Crippen molar-refractivity contribution in [3.63, 3.8) is 0 Å². The standard InChI is InChI=1S/C21H22Cl2N2O2/c1-3-24(4-2)11-12-25-19(14-5-7-15(22)8-6-14)18-13-16(23)9-10-17(18)20(25)21(26)27/h5-10,13H,3-4,11-12H2,1-2H3,(H,26,27). The predicted octanol–water partition coefficient (Wildman–Crippen LogP) is 5.66. The van der Waals surface area contributed by atoms with Crippen LogP contribution in [0.5, 0.6) is 0 Å². The van der Waals surface area contributed by atoms with Gasteiger partial charge in [0.1, 0.15) is 5.69 Å². The summed E-state index contributed by atoms with van der Waals surface area (Å²) in [7, 11) is 0. The van der Waals surface area contributed by atoms with Crippen LogP contribution in [-0.2, 0) is 6.54 Å². The summed E-state index contributed by atoms with van der Waals surface area (Å²) in [5.74, 6) is -0.943. The highest BCUT2D eigenvalue weighted by Crippen LogP contribution is 2.36. The highest BCUT2D eigenvalue weighted by Gasteiger charge is 2.23. The molecular weight excluding hydrogens is 383 g/mol. The van der Waals surface area contributed by atoms with Gasteiger partial charge < -0.3 is 14.6 Å². The largest absolute Gasteiger partial charge is 0.477 e. The van der Waals surface area contributed by atoms with Crippen molar-refractivity contribution >= 4 is 39.9 Å². The van der Waals surface area contributed by atoms with Gasteiger partial charge in [-0.1, -0.05) is 55.2 Å². The minimum atomic E-state index is -0.943. The molecule has 27 heavy (non-hydrogen) atoms. The molecule has 0 saturated carbocycles. The number of halogens is 2. The number of aromatic nitrogens is 1. The lowest BCUT2D eigenvalue weighted by Crippen LogP contribution is -2.28. The summed E-state index contributed by atoms with van der Waals surface area (Å²) in [6, 6.07) is 12.8. The maximum absolute atomic E-state index is 12.1. The molecule has 0 amide bonds. The highest BCUT2D eigenvalue weighted by molar-refractivity contribution is 6.32. The van der Waals surface area contributed by atoms with Gasteiger partial charge in [0.2, 0.25) is 0 Å². The van der Waals surface area contributed by atoms with Crippen LogP contribution in [0.15, 0.2) is 42.5 Å². The molecule has 0 bridgehead atoms. The minimum absolute atomic E-state index is 0.291. The van der Waals surface area contributed by atoms with Gasteiger partial charge >= 0.3 is 5.97 Å². The Balaban J connectivity index is 2.25. The molecule has 0 radical (unpaired) electrons. The maximum atomic E-state index is 12.1. The van der Waals surface area contributed by atoms with Gasteiger partial charge in [-0.15, -0.1) is 0 Å². The summed E-state index contributed by atoms with van der Waals surface area (Å²) in [5.41, 5.74) is 2.06. The van der Waals surface area contributed by atoms with Gasteiger partial charge in [-0.05, 0) is 42.9 Å². The first kappa shape index (κ1) is 19.7. The second kappa shape index (κ2) is 8.34. The topological polar surface area (TPSA) is 45.5 Å². The van der Waals surface area contributed by atoms with Gasteiger partial charge in [-0.2, -0.15) is 0 Å². The SMILES string of the molecule is CCN(CC)CCn1c(C(=O)O)c2ccc(Cl)cc2c1-c1ccc(Cl)cc1. The molecule has 0 spiro atoms. The van der Waals surface area contributed by atoms with Gasteiger partial charge in [-0.25, -0.2) is 4.79 Å². The Kier molecular flexibility index (Phi) is 6.10. The Hall–Kier alpha value is -2.01. The Labute approximate surface area is 168 Å². The monoisotopic (exact) mass is 404 g/mol. The molecule has 0 saturated heterocycles. The Morgan fingerprint density at radius 2 is 1.63 bits per heavy atom. The van der Waals surface area contributed by atoms with Gasteiger partial charge in [0.15, 0.2) is 0 Å². The number of likely N-dealkylation sites (N-methyl/N-ethyl adjacent to an activating group) is 1. The number of rotatable bonds is 7. The third kappa shape index (κ3) is 3.98. The van der Waals surface area contributed by atoms with Crippen molar-refractivity contribution in [3.8, 4) is 11.3 Å². The average molecular weight is 405 g/mol. The first-order chi connectivity index (χ1) is 13.0. The fourth-order valence-electron chi connectivity index (χ4n) is 3.48. The first-order valence-electron chi connectivity index (χ1n) is 8.99. The number of benzene rings is 2. The molecule has 1 aromatic heterocycles. The fourth-order valence-corrected chi connectivity index (χ4v) is 3.77. The third-order valence-corrected chi connectivity index (χ3v) is 5.37. The second-order valence-electron chi connectivity index (χ2n) is 6.38. The van der Waals surface area contributed by atoms with Gasteiger partial charge in [-0.3, -0.25) is 0 Å². The molecule has 4 nitrogen and oxygen atoms in total. The number of carboxylic acids is 1. The van der Waals surface area contributed by atoms with Crippen LogP contribution < -0.4 is 0 Å². The van der Waals surface area contributed by atoms with Crippen molar-refractivity contribution in [2.45, 2.75) is 20.4 Å². The lowest BCUT2D eigenvalue weighted by Gasteiger charge is -2.20. The van der Waals surface area contributed by atoms with E-state index in [4.69, 9.17) is 23.2 Å². The molecule has 3 rings (SSSR count). The quantitative estimate of drug-likeness (QED) is 0.552. The second-order valence-corrected chi connectivity index (χ2v) is 7.25. The zero-order valence-corrected chi connectivity index (χ0v) is 16.9. The first-order valence-corrected chi connectivity index (χ1v) is 9.75. The molecule has 142 valence electrons. The van der Waals surface area contributed by atoms with Crippen LogP contribution in [-0.4, -0.2) is 40.2 Å². The maximum Gasteiger partial charge on any atom is 0.353 e. The summed E-state index contributed by atoms with van der Waals surface area (Å²) >= 11 is 12.3. The van der Waals surface area contributed by atoms with E-state index in [0.29, 0.717) is 27.7 Å². The number of hydrogen-bond donors (Lipinski definition) is 1. The smallest absolute Gasteiger partial charge is 0.353 e. The molecule has 0 atom stereocenters. The number of carboxylic acid groups (broad SMARTS) is 1. The van der Waals surface area contributed by atoms with Crippen LogP contribution in [0.2, 0.25) is 10.0 Å². The normalized spacial score (nSPS) is 11.4. The molecule has 0 fully saturated rings. The van der Waals surface area contributed by atoms with E-state index < -0.39 is 5.97 Å². The van der Waals surface area contributed by atoms with E-state index in [1.807, 2.05) is 34.9 Å².